The van der Waals surface area contributed by atoms with Crippen LogP contribution in [-0.4, -0.2) is 52.5 Å². The van der Waals surface area contributed by atoms with E-state index in [1.54, 1.807) is 30.8 Å². The zero-order valence-corrected chi connectivity index (χ0v) is 12.1. The zero-order chi connectivity index (χ0) is 14.5. The van der Waals surface area contributed by atoms with Crippen molar-refractivity contribution in [2.24, 2.45) is 0 Å². The molecule has 0 radical (unpaired) electrons. The number of nitrogens with two attached hydrogens (primary N) is 1. The number of pyridine rings is 1. The van der Waals surface area contributed by atoms with Gasteiger partial charge < -0.3 is 15.4 Å². The predicted molar refractivity (Wildman–Crippen MR) is 77.4 cm³/mol. The van der Waals surface area contributed by atoms with E-state index in [4.69, 9.17) is 10.5 Å². The molecular weight excluding hydrogens is 278 g/mol. The quantitative estimate of drug-likeness (QED) is 0.830. The molecule has 1 aliphatic heterocycles. The Kier molecular flexibility index (Phi) is 4.84. The number of carbonyl (C=O) groups excluding carboxylic acids is 2. The SMILES string of the molecule is CCOC(=O)C1CSCCN1C(=O)c1ncccc1N. The predicted octanol–water partition coefficient (Wildman–Crippen LogP) is 0.784. The van der Waals surface area contributed by atoms with E-state index in [0.717, 1.165) is 5.75 Å². The van der Waals surface area contributed by atoms with Crippen LogP contribution in [0.5, 0.6) is 0 Å². The smallest absolute Gasteiger partial charge is 0.329 e. The second-order valence-electron chi connectivity index (χ2n) is 4.28. The highest BCUT2D eigenvalue weighted by Gasteiger charge is 2.35. The van der Waals surface area contributed by atoms with Crippen molar-refractivity contribution in [1.29, 1.82) is 0 Å². The maximum Gasteiger partial charge on any atom is 0.329 e. The molecular formula is C13H17N3O3S. The maximum absolute atomic E-state index is 12.5. The van der Waals surface area contributed by atoms with Crippen molar-refractivity contribution in [3.8, 4) is 0 Å². The summed E-state index contributed by atoms with van der Waals surface area (Å²) in [7, 11) is 0. The van der Waals surface area contributed by atoms with Gasteiger partial charge in [0.2, 0.25) is 0 Å². The number of thioether (sulfide) groups is 1. The molecule has 1 amide bonds. The highest BCUT2D eigenvalue weighted by molar-refractivity contribution is 7.99. The molecule has 1 aromatic rings. The molecule has 1 fully saturated rings. The van der Waals surface area contributed by atoms with Crippen LogP contribution < -0.4 is 5.73 Å². The molecule has 6 nitrogen and oxygen atoms in total. The van der Waals surface area contributed by atoms with Gasteiger partial charge in [-0.05, 0) is 19.1 Å². The van der Waals surface area contributed by atoms with Crippen LogP contribution in [-0.2, 0) is 9.53 Å². The Morgan fingerprint density at radius 3 is 3.10 bits per heavy atom. The fourth-order valence-electron chi connectivity index (χ4n) is 2.01. The number of ether oxygens (including phenoxy) is 1. The first-order valence-electron chi connectivity index (χ1n) is 6.41. The summed E-state index contributed by atoms with van der Waals surface area (Å²) in [5.41, 5.74) is 6.28. The topological polar surface area (TPSA) is 85.5 Å². The van der Waals surface area contributed by atoms with Gasteiger partial charge in [0.25, 0.3) is 5.91 Å². The van der Waals surface area contributed by atoms with Gasteiger partial charge in [-0.2, -0.15) is 11.8 Å². The Balaban J connectivity index is 2.22. The van der Waals surface area contributed by atoms with Crippen LogP contribution in [0.4, 0.5) is 5.69 Å². The van der Waals surface area contributed by atoms with Crippen molar-refractivity contribution in [1.82, 2.24) is 9.88 Å². The largest absolute Gasteiger partial charge is 0.464 e. The third kappa shape index (κ3) is 3.04. The van der Waals surface area contributed by atoms with Crippen molar-refractivity contribution in [2.45, 2.75) is 13.0 Å². The van der Waals surface area contributed by atoms with Gasteiger partial charge in [-0.1, -0.05) is 0 Å². The van der Waals surface area contributed by atoms with Crippen molar-refractivity contribution >= 4 is 29.3 Å². The fraction of sp³-hybridized carbons (Fsp3) is 0.462. The summed E-state index contributed by atoms with van der Waals surface area (Å²) < 4.78 is 5.03. The van der Waals surface area contributed by atoms with E-state index in [-0.39, 0.29) is 17.6 Å². The average Bonchev–Trinajstić information content (AvgIpc) is 2.47. The molecule has 2 heterocycles. The molecule has 7 heteroatoms. The molecule has 1 saturated heterocycles. The summed E-state index contributed by atoms with van der Waals surface area (Å²) in [6, 6.07) is 2.72. The Hall–Kier alpha value is -1.76. The molecule has 2 rings (SSSR count). The number of rotatable bonds is 3. The summed E-state index contributed by atoms with van der Waals surface area (Å²) >= 11 is 1.63. The molecule has 0 aliphatic carbocycles. The van der Waals surface area contributed by atoms with E-state index in [2.05, 4.69) is 4.98 Å². The fourth-order valence-corrected chi connectivity index (χ4v) is 3.04. The summed E-state index contributed by atoms with van der Waals surface area (Å²) in [4.78, 5) is 30.0. The van der Waals surface area contributed by atoms with E-state index in [1.165, 1.54) is 11.1 Å². The molecule has 0 bridgehead atoms. The molecule has 20 heavy (non-hydrogen) atoms. The number of nitrogens with zero attached hydrogens (tertiary/aromatic N) is 2. The van der Waals surface area contributed by atoms with E-state index in [0.29, 0.717) is 24.6 Å². The van der Waals surface area contributed by atoms with Gasteiger partial charge in [0, 0.05) is 24.2 Å². The van der Waals surface area contributed by atoms with Gasteiger partial charge in [-0.15, -0.1) is 0 Å². The van der Waals surface area contributed by atoms with Gasteiger partial charge in [-0.25, -0.2) is 9.78 Å². The monoisotopic (exact) mass is 295 g/mol. The second kappa shape index (κ2) is 6.60. The van der Waals surface area contributed by atoms with Gasteiger partial charge in [-0.3, -0.25) is 4.79 Å². The van der Waals surface area contributed by atoms with Crippen molar-refractivity contribution < 1.29 is 14.3 Å². The van der Waals surface area contributed by atoms with E-state index < -0.39 is 6.04 Å². The second-order valence-corrected chi connectivity index (χ2v) is 5.43. The van der Waals surface area contributed by atoms with Gasteiger partial charge >= 0.3 is 5.97 Å². The Morgan fingerprint density at radius 1 is 1.60 bits per heavy atom. The number of hydrogen-bond acceptors (Lipinski definition) is 6. The highest BCUT2D eigenvalue weighted by atomic mass is 32.2. The minimum atomic E-state index is -0.567. The molecule has 0 saturated carbocycles. The number of esters is 1. The minimum absolute atomic E-state index is 0.189. The van der Waals surface area contributed by atoms with Gasteiger partial charge in [0.1, 0.15) is 6.04 Å². The molecule has 1 unspecified atom stereocenters. The Labute approximate surface area is 121 Å². The highest BCUT2D eigenvalue weighted by Crippen LogP contribution is 2.21. The summed E-state index contributed by atoms with van der Waals surface area (Å²) in [5, 5.41) is 0. The first-order valence-corrected chi connectivity index (χ1v) is 7.56. The lowest BCUT2D eigenvalue weighted by Gasteiger charge is -2.33. The van der Waals surface area contributed by atoms with Crippen LogP contribution in [0, 0.1) is 0 Å². The third-order valence-electron chi connectivity index (χ3n) is 2.99. The average molecular weight is 295 g/mol. The van der Waals surface area contributed by atoms with Crippen LogP contribution >= 0.6 is 11.8 Å². The molecule has 0 aromatic carbocycles. The Morgan fingerprint density at radius 2 is 2.40 bits per heavy atom. The minimum Gasteiger partial charge on any atom is -0.464 e. The van der Waals surface area contributed by atoms with E-state index in [1.807, 2.05) is 0 Å². The standard InChI is InChI=1S/C13H17N3O3S/c1-2-19-13(18)10-8-20-7-6-16(10)12(17)11-9(14)4-3-5-15-11/h3-5,10H,2,6-8,14H2,1H3. The zero-order valence-electron chi connectivity index (χ0n) is 11.2. The first-order chi connectivity index (χ1) is 9.65. The molecule has 1 atom stereocenters. The molecule has 1 aromatic heterocycles. The third-order valence-corrected chi connectivity index (χ3v) is 4.01. The summed E-state index contributed by atoms with van der Waals surface area (Å²) in [6.45, 7) is 2.54. The lowest BCUT2D eigenvalue weighted by Crippen LogP contribution is -2.51. The number of anilines is 1. The number of aromatic nitrogens is 1. The van der Waals surface area contributed by atoms with Crippen molar-refractivity contribution in [3.63, 3.8) is 0 Å². The summed E-state index contributed by atoms with van der Waals surface area (Å²) in [5.74, 6) is 0.634. The van der Waals surface area contributed by atoms with Crippen LogP contribution in [0.15, 0.2) is 18.3 Å². The number of amides is 1. The molecule has 0 spiro atoms. The van der Waals surface area contributed by atoms with Crippen LogP contribution in [0.3, 0.4) is 0 Å². The van der Waals surface area contributed by atoms with E-state index >= 15 is 0 Å². The van der Waals surface area contributed by atoms with Crippen LogP contribution in [0.2, 0.25) is 0 Å². The lowest BCUT2D eigenvalue weighted by atomic mass is 10.2. The van der Waals surface area contributed by atoms with Crippen molar-refractivity contribution in [3.05, 3.63) is 24.0 Å². The molecule has 1 aliphatic rings. The van der Waals surface area contributed by atoms with Crippen LogP contribution in [0.25, 0.3) is 0 Å². The van der Waals surface area contributed by atoms with E-state index in [9.17, 15) is 9.59 Å². The van der Waals surface area contributed by atoms with Crippen molar-refractivity contribution in [2.75, 3.05) is 30.4 Å². The summed E-state index contributed by atoms with van der Waals surface area (Å²) in [6.07, 6.45) is 1.52. The molecule has 2 N–H and O–H groups in total. The van der Waals surface area contributed by atoms with Crippen LogP contribution in [0.1, 0.15) is 17.4 Å². The Bertz CT molecular complexity index is 509. The lowest BCUT2D eigenvalue weighted by molar-refractivity contribution is -0.147. The van der Waals surface area contributed by atoms with Gasteiger partial charge in [0.05, 0.1) is 12.3 Å². The number of hydrogen-bond donors (Lipinski definition) is 1. The number of nitrogen functional groups attached to an aromatic ring is 1. The number of carbonyl (C=O) groups is 2. The van der Waals surface area contributed by atoms with Gasteiger partial charge in [0.15, 0.2) is 5.69 Å². The first kappa shape index (κ1) is 14.6. The maximum atomic E-state index is 12.5. The molecule has 108 valence electrons. The normalized spacial score (nSPS) is 18.6.